The summed E-state index contributed by atoms with van der Waals surface area (Å²) in [5.74, 6) is 1.38. The summed E-state index contributed by atoms with van der Waals surface area (Å²) < 4.78 is 11.9. The first kappa shape index (κ1) is 15.1. The van der Waals surface area contributed by atoms with Gasteiger partial charge in [0, 0.05) is 7.11 Å². The molecule has 0 saturated heterocycles. The quantitative estimate of drug-likeness (QED) is 0.844. The third kappa shape index (κ3) is 3.61. The average molecular weight is 294 g/mol. The topological polar surface area (TPSA) is 43.4 Å². The van der Waals surface area contributed by atoms with E-state index in [1.165, 1.54) is 0 Å². The Labute approximate surface area is 124 Å². The molecule has 0 radical (unpaired) electrons. The van der Waals surface area contributed by atoms with Crippen LogP contribution < -0.4 is 10.1 Å². The summed E-state index contributed by atoms with van der Waals surface area (Å²) in [7, 11) is 1.73. The molecule has 1 unspecified atom stereocenters. The molecule has 0 saturated carbocycles. The number of hydrogen-bond donors (Lipinski definition) is 1. The summed E-state index contributed by atoms with van der Waals surface area (Å²) in [6.45, 7) is 7.70. The molecule has 1 N–H and O–H groups in total. The number of rotatable bonds is 7. The summed E-state index contributed by atoms with van der Waals surface area (Å²) >= 11 is 1.65. The van der Waals surface area contributed by atoms with E-state index in [1.807, 2.05) is 25.1 Å². The van der Waals surface area contributed by atoms with E-state index in [9.17, 15) is 0 Å². The standard InChI is InChI=1S/C15H22N2O2S/c1-5-19-11-6-7-12-14(8-11)20-15(16-12)17-13(9-18-4)10(2)3/h6-8,10,13H,5,9H2,1-4H3,(H,16,17). The number of fused-ring (bicyclic) bond motifs is 1. The first-order valence-electron chi connectivity index (χ1n) is 6.93. The van der Waals surface area contributed by atoms with E-state index in [-0.39, 0.29) is 6.04 Å². The van der Waals surface area contributed by atoms with Gasteiger partial charge in [-0.15, -0.1) is 0 Å². The lowest BCUT2D eigenvalue weighted by atomic mass is 10.1. The first-order chi connectivity index (χ1) is 9.63. The van der Waals surface area contributed by atoms with Crippen molar-refractivity contribution < 1.29 is 9.47 Å². The molecule has 4 nitrogen and oxygen atoms in total. The number of hydrogen-bond acceptors (Lipinski definition) is 5. The molecule has 0 aliphatic rings. The van der Waals surface area contributed by atoms with Crippen molar-refractivity contribution in [2.45, 2.75) is 26.8 Å². The van der Waals surface area contributed by atoms with Crippen LogP contribution in [0.5, 0.6) is 5.75 Å². The van der Waals surface area contributed by atoms with Gasteiger partial charge in [0.1, 0.15) is 5.75 Å². The monoisotopic (exact) mass is 294 g/mol. The lowest BCUT2D eigenvalue weighted by molar-refractivity contribution is 0.171. The fourth-order valence-electron chi connectivity index (χ4n) is 1.96. The van der Waals surface area contributed by atoms with Crippen molar-refractivity contribution in [1.82, 2.24) is 4.98 Å². The molecule has 0 bridgehead atoms. The maximum absolute atomic E-state index is 5.52. The van der Waals surface area contributed by atoms with Crippen LogP contribution >= 0.6 is 11.3 Å². The van der Waals surface area contributed by atoms with Crippen LogP contribution in [0.25, 0.3) is 10.2 Å². The lowest BCUT2D eigenvalue weighted by Crippen LogP contribution is -2.30. The van der Waals surface area contributed by atoms with E-state index >= 15 is 0 Å². The molecule has 0 spiro atoms. The fraction of sp³-hybridized carbons (Fsp3) is 0.533. The molecule has 0 aliphatic heterocycles. The maximum Gasteiger partial charge on any atom is 0.184 e. The van der Waals surface area contributed by atoms with Crippen molar-refractivity contribution in [3.63, 3.8) is 0 Å². The normalized spacial score (nSPS) is 12.8. The Hall–Kier alpha value is -1.33. The zero-order valence-corrected chi connectivity index (χ0v) is 13.3. The van der Waals surface area contributed by atoms with E-state index in [2.05, 4.69) is 24.1 Å². The van der Waals surface area contributed by atoms with Gasteiger partial charge in [-0.25, -0.2) is 4.98 Å². The van der Waals surface area contributed by atoms with Crippen LogP contribution in [0.1, 0.15) is 20.8 Å². The molecule has 5 heteroatoms. The van der Waals surface area contributed by atoms with Gasteiger partial charge in [0.2, 0.25) is 0 Å². The van der Waals surface area contributed by atoms with Crippen molar-refractivity contribution in [1.29, 1.82) is 0 Å². The Morgan fingerprint density at radius 1 is 1.35 bits per heavy atom. The van der Waals surface area contributed by atoms with Gasteiger partial charge >= 0.3 is 0 Å². The molecule has 1 aromatic carbocycles. The van der Waals surface area contributed by atoms with Crippen molar-refractivity contribution in [2.24, 2.45) is 5.92 Å². The van der Waals surface area contributed by atoms with Gasteiger partial charge in [-0.05, 0) is 31.0 Å². The van der Waals surface area contributed by atoms with Crippen molar-refractivity contribution >= 4 is 26.7 Å². The number of nitrogens with one attached hydrogen (secondary N) is 1. The van der Waals surface area contributed by atoms with Crippen LogP contribution in [0.2, 0.25) is 0 Å². The minimum atomic E-state index is 0.270. The second-order valence-corrected chi connectivity index (χ2v) is 6.06. The highest BCUT2D eigenvalue weighted by Gasteiger charge is 2.15. The molecule has 20 heavy (non-hydrogen) atoms. The SMILES string of the molecule is CCOc1ccc2nc(NC(COC)C(C)C)sc2c1. The summed E-state index contributed by atoms with van der Waals surface area (Å²) in [5.41, 5.74) is 1.00. The molecule has 2 aromatic rings. The number of methoxy groups -OCH3 is 1. The van der Waals surface area contributed by atoms with E-state index < -0.39 is 0 Å². The zero-order valence-electron chi connectivity index (χ0n) is 12.5. The van der Waals surface area contributed by atoms with Crippen LogP contribution in [0.4, 0.5) is 5.13 Å². The molecule has 0 aliphatic carbocycles. The Kier molecular flexibility index (Phi) is 5.20. The lowest BCUT2D eigenvalue weighted by Gasteiger charge is -2.20. The Balaban J connectivity index is 2.18. The highest BCUT2D eigenvalue weighted by molar-refractivity contribution is 7.22. The molecule has 1 aromatic heterocycles. The van der Waals surface area contributed by atoms with Crippen LogP contribution in [0, 0.1) is 5.92 Å². The summed E-state index contributed by atoms with van der Waals surface area (Å²) in [5, 5.41) is 4.40. The second-order valence-electron chi connectivity index (χ2n) is 5.03. The fourth-order valence-corrected chi connectivity index (χ4v) is 2.92. The van der Waals surface area contributed by atoms with E-state index in [1.54, 1.807) is 18.4 Å². The number of anilines is 1. The smallest absolute Gasteiger partial charge is 0.184 e. The molecular formula is C15H22N2O2S. The first-order valence-corrected chi connectivity index (χ1v) is 7.74. The molecule has 2 rings (SSSR count). The third-order valence-electron chi connectivity index (χ3n) is 3.13. The highest BCUT2D eigenvalue weighted by Crippen LogP contribution is 2.30. The number of ether oxygens (including phenoxy) is 2. The number of thiazole rings is 1. The second kappa shape index (κ2) is 6.90. The molecule has 110 valence electrons. The zero-order chi connectivity index (χ0) is 14.5. The predicted molar refractivity (Wildman–Crippen MR) is 84.9 cm³/mol. The third-order valence-corrected chi connectivity index (χ3v) is 4.08. The highest BCUT2D eigenvalue weighted by atomic mass is 32.1. The van der Waals surface area contributed by atoms with Crippen LogP contribution in [0.3, 0.4) is 0 Å². The van der Waals surface area contributed by atoms with E-state index in [0.717, 1.165) is 21.1 Å². The predicted octanol–water partition coefficient (Wildman–Crippen LogP) is 3.78. The minimum absolute atomic E-state index is 0.270. The van der Waals surface area contributed by atoms with Crippen molar-refractivity contribution in [3.8, 4) is 5.75 Å². The molecular weight excluding hydrogens is 272 g/mol. The van der Waals surface area contributed by atoms with Gasteiger partial charge in [0.05, 0.1) is 29.5 Å². The average Bonchev–Trinajstić information content (AvgIpc) is 2.80. The Morgan fingerprint density at radius 3 is 2.80 bits per heavy atom. The summed E-state index contributed by atoms with van der Waals surface area (Å²) in [6.07, 6.45) is 0. The maximum atomic E-state index is 5.52. The van der Waals surface area contributed by atoms with Gasteiger partial charge in [0.25, 0.3) is 0 Å². The van der Waals surface area contributed by atoms with E-state index in [0.29, 0.717) is 19.1 Å². The molecule has 0 fully saturated rings. The Bertz CT molecular complexity index is 554. The van der Waals surface area contributed by atoms with Gasteiger partial charge in [-0.3, -0.25) is 0 Å². The molecule has 0 amide bonds. The minimum Gasteiger partial charge on any atom is -0.494 e. The van der Waals surface area contributed by atoms with Crippen molar-refractivity contribution in [2.75, 3.05) is 25.6 Å². The van der Waals surface area contributed by atoms with Gasteiger partial charge < -0.3 is 14.8 Å². The summed E-state index contributed by atoms with van der Waals surface area (Å²) in [6, 6.07) is 6.28. The van der Waals surface area contributed by atoms with E-state index in [4.69, 9.17) is 9.47 Å². The summed E-state index contributed by atoms with van der Waals surface area (Å²) in [4.78, 5) is 4.61. The molecule has 1 atom stereocenters. The van der Waals surface area contributed by atoms with Crippen LogP contribution in [0.15, 0.2) is 18.2 Å². The number of benzene rings is 1. The van der Waals surface area contributed by atoms with Crippen LogP contribution in [-0.2, 0) is 4.74 Å². The number of nitrogens with zero attached hydrogens (tertiary/aromatic N) is 1. The van der Waals surface area contributed by atoms with Gasteiger partial charge in [-0.1, -0.05) is 25.2 Å². The molecule has 1 heterocycles. The van der Waals surface area contributed by atoms with Gasteiger partial charge in [0.15, 0.2) is 5.13 Å². The number of aromatic nitrogens is 1. The van der Waals surface area contributed by atoms with Crippen molar-refractivity contribution in [3.05, 3.63) is 18.2 Å². The van der Waals surface area contributed by atoms with Crippen LogP contribution in [-0.4, -0.2) is 31.3 Å². The Morgan fingerprint density at radius 2 is 2.15 bits per heavy atom. The largest absolute Gasteiger partial charge is 0.494 e. The van der Waals surface area contributed by atoms with Gasteiger partial charge in [-0.2, -0.15) is 0 Å².